The van der Waals surface area contributed by atoms with Gasteiger partial charge in [0.25, 0.3) is 5.91 Å². The minimum Gasteiger partial charge on any atom is -0.483 e. The Labute approximate surface area is 170 Å². The first-order valence-electron chi connectivity index (χ1n) is 9.10. The van der Waals surface area contributed by atoms with Crippen LogP contribution in [0.1, 0.15) is 35.7 Å². The molecule has 5 heteroatoms. The number of allylic oxidation sites excluding steroid dienone is 3. The largest absolute Gasteiger partial charge is 0.483 e. The van der Waals surface area contributed by atoms with E-state index in [1.165, 1.54) is 6.07 Å². The average molecular weight is 398 g/mol. The van der Waals surface area contributed by atoms with E-state index in [9.17, 15) is 9.59 Å². The number of halogens is 1. The third-order valence-electron chi connectivity index (χ3n) is 4.03. The Morgan fingerprint density at radius 3 is 2.68 bits per heavy atom. The number of carbonyl (C=O) groups is 2. The second-order valence-electron chi connectivity index (χ2n) is 6.34. The third kappa shape index (κ3) is 6.10. The van der Waals surface area contributed by atoms with Crippen LogP contribution in [0.15, 0.2) is 66.8 Å². The summed E-state index contributed by atoms with van der Waals surface area (Å²) in [4.78, 5) is 24.9. The minimum absolute atomic E-state index is 0.228. The number of nitrogens with one attached hydrogen (secondary N) is 1. The van der Waals surface area contributed by atoms with Gasteiger partial charge < -0.3 is 10.1 Å². The van der Waals surface area contributed by atoms with Crippen LogP contribution in [0.3, 0.4) is 0 Å². The number of anilines is 1. The molecule has 4 nitrogen and oxygen atoms in total. The van der Waals surface area contributed by atoms with Crippen molar-refractivity contribution in [2.24, 2.45) is 0 Å². The molecule has 0 saturated heterocycles. The number of unbranched alkanes of at least 4 members (excludes halogenated alkanes) is 1. The fraction of sp³-hybridized carbons (Fsp3) is 0.217. The van der Waals surface area contributed by atoms with E-state index in [-0.39, 0.29) is 23.9 Å². The quantitative estimate of drug-likeness (QED) is 0.332. The lowest BCUT2D eigenvalue weighted by Gasteiger charge is -2.12. The van der Waals surface area contributed by atoms with E-state index in [1.807, 2.05) is 37.3 Å². The van der Waals surface area contributed by atoms with Crippen LogP contribution in [-0.4, -0.2) is 18.3 Å². The van der Waals surface area contributed by atoms with Gasteiger partial charge in [-0.2, -0.15) is 0 Å². The Morgan fingerprint density at radius 2 is 1.96 bits per heavy atom. The standard InChI is InChI=1S/C23H24ClNO3/c1-4-5-6-10-17(3)23(27)19-14-18(24)12-13-21(19)28-15-22(26)25-20-11-8-7-9-16(20)2/h6-14H,3-5,15H2,1-2H3,(H,25,26)/b10-6-. The summed E-state index contributed by atoms with van der Waals surface area (Å²) in [5.41, 5.74) is 2.29. The molecule has 2 aromatic rings. The Kier molecular flexibility index (Phi) is 8.02. The summed E-state index contributed by atoms with van der Waals surface area (Å²) in [6.07, 6.45) is 5.45. The van der Waals surface area contributed by atoms with Crippen molar-refractivity contribution in [3.05, 3.63) is 82.9 Å². The van der Waals surface area contributed by atoms with Crippen molar-refractivity contribution in [2.75, 3.05) is 11.9 Å². The van der Waals surface area contributed by atoms with Crippen LogP contribution in [-0.2, 0) is 4.79 Å². The van der Waals surface area contributed by atoms with E-state index in [0.717, 1.165) is 24.1 Å². The van der Waals surface area contributed by atoms with E-state index in [0.29, 0.717) is 16.3 Å². The van der Waals surface area contributed by atoms with Gasteiger partial charge in [0.2, 0.25) is 0 Å². The predicted octanol–water partition coefficient (Wildman–Crippen LogP) is 5.76. The molecular formula is C23H24ClNO3. The molecule has 0 fully saturated rings. The molecule has 0 aliphatic heterocycles. The molecule has 0 spiro atoms. The highest BCUT2D eigenvalue weighted by atomic mass is 35.5. The Bertz CT molecular complexity index is 902. The fourth-order valence-corrected chi connectivity index (χ4v) is 2.66. The van der Waals surface area contributed by atoms with Crippen molar-refractivity contribution in [1.29, 1.82) is 0 Å². The predicted molar refractivity (Wildman–Crippen MR) is 114 cm³/mol. The second-order valence-corrected chi connectivity index (χ2v) is 6.77. The normalized spacial score (nSPS) is 10.7. The minimum atomic E-state index is -0.315. The van der Waals surface area contributed by atoms with Crippen molar-refractivity contribution in [2.45, 2.75) is 26.7 Å². The zero-order valence-electron chi connectivity index (χ0n) is 16.1. The van der Waals surface area contributed by atoms with Gasteiger partial charge in [-0.1, -0.05) is 61.9 Å². The number of Topliss-reactive ketones (excluding diaryl/α,β-unsaturated/α-hetero) is 1. The van der Waals surface area contributed by atoms with Gasteiger partial charge in [0.15, 0.2) is 12.4 Å². The summed E-state index contributed by atoms with van der Waals surface area (Å²) in [6, 6.07) is 12.2. The summed E-state index contributed by atoms with van der Waals surface area (Å²) in [6.45, 7) is 7.55. The van der Waals surface area contributed by atoms with Gasteiger partial charge >= 0.3 is 0 Å². The van der Waals surface area contributed by atoms with E-state index in [4.69, 9.17) is 16.3 Å². The number of carbonyl (C=O) groups excluding carboxylic acids is 2. The zero-order valence-corrected chi connectivity index (χ0v) is 16.9. The molecule has 0 atom stereocenters. The van der Waals surface area contributed by atoms with Gasteiger partial charge in [0.1, 0.15) is 5.75 Å². The van der Waals surface area contributed by atoms with Gasteiger partial charge in [0, 0.05) is 16.3 Å². The lowest BCUT2D eigenvalue weighted by atomic mass is 10.0. The van der Waals surface area contributed by atoms with Crippen molar-refractivity contribution >= 4 is 29.0 Å². The van der Waals surface area contributed by atoms with Crippen molar-refractivity contribution < 1.29 is 14.3 Å². The number of aryl methyl sites for hydroxylation is 1. The van der Waals surface area contributed by atoms with E-state index in [1.54, 1.807) is 18.2 Å². The number of para-hydroxylation sites is 1. The smallest absolute Gasteiger partial charge is 0.262 e. The highest BCUT2D eigenvalue weighted by Crippen LogP contribution is 2.26. The van der Waals surface area contributed by atoms with Gasteiger partial charge in [-0.25, -0.2) is 0 Å². The molecule has 146 valence electrons. The Hall–Kier alpha value is -2.85. The second kappa shape index (κ2) is 10.5. The third-order valence-corrected chi connectivity index (χ3v) is 4.27. The lowest BCUT2D eigenvalue weighted by Crippen LogP contribution is -2.21. The molecule has 0 aromatic heterocycles. The van der Waals surface area contributed by atoms with Crippen molar-refractivity contribution in [3.63, 3.8) is 0 Å². The summed E-state index contributed by atoms with van der Waals surface area (Å²) < 4.78 is 5.61. The van der Waals surface area contributed by atoms with Gasteiger partial charge in [-0.3, -0.25) is 9.59 Å². The SMILES string of the molecule is C=C(/C=C\CCC)C(=O)c1cc(Cl)ccc1OCC(=O)Nc1ccccc1C. The Balaban J connectivity index is 2.09. The first kappa shape index (κ1) is 21.5. The average Bonchev–Trinajstić information content (AvgIpc) is 2.68. The monoisotopic (exact) mass is 397 g/mol. The van der Waals surface area contributed by atoms with Crippen LogP contribution < -0.4 is 10.1 Å². The molecule has 1 N–H and O–H groups in total. The maximum Gasteiger partial charge on any atom is 0.262 e. The molecule has 1 amide bonds. The number of amides is 1. The van der Waals surface area contributed by atoms with E-state index >= 15 is 0 Å². The number of ketones is 1. The molecule has 0 aliphatic rings. The molecule has 2 rings (SSSR count). The summed E-state index contributed by atoms with van der Waals surface area (Å²) >= 11 is 6.05. The number of benzene rings is 2. The van der Waals surface area contributed by atoms with E-state index < -0.39 is 0 Å². The molecule has 0 aliphatic carbocycles. The van der Waals surface area contributed by atoms with Crippen LogP contribution >= 0.6 is 11.6 Å². The molecule has 2 aromatic carbocycles. The molecule has 0 bridgehead atoms. The van der Waals surface area contributed by atoms with Gasteiger partial charge in [0.05, 0.1) is 5.56 Å². The maximum atomic E-state index is 12.7. The highest BCUT2D eigenvalue weighted by Gasteiger charge is 2.16. The van der Waals surface area contributed by atoms with Crippen molar-refractivity contribution in [3.8, 4) is 5.75 Å². The molecule has 0 saturated carbocycles. The Morgan fingerprint density at radius 1 is 1.21 bits per heavy atom. The van der Waals surface area contributed by atoms with Crippen LogP contribution in [0.4, 0.5) is 5.69 Å². The lowest BCUT2D eigenvalue weighted by molar-refractivity contribution is -0.118. The summed E-state index contributed by atoms with van der Waals surface area (Å²) in [7, 11) is 0. The molecule has 28 heavy (non-hydrogen) atoms. The van der Waals surface area contributed by atoms with Crippen molar-refractivity contribution in [1.82, 2.24) is 0 Å². The van der Waals surface area contributed by atoms with Gasteiger partial charge in [-0.05, 0) is 43.2 Å². The zero-order chi connectivity index (χ0) is 20.5. The topological polar surface area (TPSA) is 55.4 Å². The first-order chi connectivity index (χ1) is 13.4. The molecular weight excluding hydrogens is 374 g/mol. The van der Waals surface area contributed by atoms with Crippen LogP contribution in [0.25, 0.3) is 0 Å². The summed E-state index contributed by atoms with van der Waals surface area (Å²) in [5, 5.41) is 3.20. The van der Waals surface area contributed by atoms with Crippen LogP contribution in [0.2, 0.25) is 5.02 Å². The molecule has 0 radical (unpaired) electrons. The molecule has 0 unspecified atom stereocenters. The highest BCUT2D eigenvalue weighted by molar-refractivity contribution is 6.31. The van der Waals surface area contributed by atoms with Crippen LogP contribution in [0.5, 0.6) is 5.75 Å². The number of rotatable bonds is 9. The van der Waals surface area contributed by atoms with Crippen LogP contribution in [0, 0.1) is 6.92 Å². The van der Waals surface area contributed by atoms with E-state index in [2.05, 4.69) is 18.8 Å². The first-order valence-corrected chi connectivity index (χ1v) is 9.48. The maximum absolute atomic E-state index is 12.7. The number of hydrogen-bond acceptors (Lipinski definition) is 3. The fourth-order valence-electron chi connectivity index (χ4n) is 2.49. The summed E-state index contributed by atoms with van der Waals surface area (Å²) in [5.74, 6) is -0.312. The number of ether oxygens (including phenoxy) is 1. The van der Waals surface area contributed by atoms with Gasteiger partial charge in [-0.15, -0.1) is 0 Å². The number of hydrogen-bond donors (Lipinski definition) is 1. The molecule has 0 heterocycles.